The maximum Gasteiger partial charge on any atom is 0.107 e. The van der Waals surface area contributed by atoms with Gasteiger partial charge in [-0.25, -0.2) is 0 Å². The van der Waals surface area contributed by atoms with Gasteiger partial charge in [0.25, 0.3) is 0 Å². The summed E-state index contributed by atoms with van der Waals surface area (Å²) in [5.41, 5.74) is 8.20. The first kappa shape index (κ1) is 14.0. The average molecular weight is 294 g/mol. The Morgan fingerprint density at radius 2 is 1.84 bits per heavy atom. The molecule has 2 N–H and O–H groups in total. The predicted molar refractivity (Wildman–Crippen MR) is 83.6 cm³/mol. The summed E-state index contributed by atoms with van der Waals surface area (Å²) in [7, 11) is 0. The number of thiocarbonyl (C=S) groups is 1. The van der Waals surface area contributed by atoms with Crippen LogP contribution in [0.2, 0.25) is 5.02 Å². The Bertz CT molecular complexity index is 609. The fourth-order valence-corrected chi connectivity index (χ4v) is 1.99. The number of halogens is 1. The summed E-state index contributed by atoms with van der Waals surface area (Å²) in [6, 6.07) is 7.49. The van der Waals surface area contributed by atoms with E-state index in [1.807, 2.05) is 35.1 Å². The normalized spacial score (nSPS) is 11.6. The minimum atomic E-state index is -0.121. The first-order valence-corrected chi connectivity index (χ1v) is 6.73. The lowest BCUT2D eigenvalue weighted by Crippen LogP contribution is -2.22. The van der Waals surface area contributed by atoms with Gasteiger partial charge in [0.2, 0.25) is 0 Å². The second kappa shape index (κ2) is 4.94. The quantitative estimate of drug-likeness (QED) is 0.861. The molecular formula is C14H16ClN3S. The highest BCUT2D eigenvalue weighted by Gasteiger charge is 2.20. The summed E-state index contributed by atoms with van der Waals surface area (Å²) in [5, 5.41) is 5.30. The van der Waals surface area contributed by atoms with Gasteiger partial charge in [-0.05, 0) is 32.9 Å². The van der Waals surface area contributed by atoms with Crippen LogP contribution in [0.4, 0.5) is 0 Å². The Morgan fingerprint density at radius 1 is 1.26 bits per heavy atom. The number of benzene rings is 1. The van der Waals surface area contributed by atoms with Gasteiger partial charge in [-0.3, -0.25) is 4.68 Å². The van der Waals surface area contributed by atoms with Crippen molar-refractivity contribution in [2.75, 3.05) is 0 Å². The standard InChI is InChI=1S/C14H16ClN3S/c1-14(2,3)18-8-11(13(16)19)12(17-18)9-4-6-10(15)7-5-9/h4-8H,1-3H3,(H2,16,19). The smallest absolute Gasteiger partial charge is 0.107 e. The second-order valence-corrected chi connectivity index (χ2v) is 6.25. The molecule has 0 saturated carbocycles. The van der Waals surface area contributed by atoms with E-state index in [1.165, 1.54) is 0 Å². The highest BCUT2D eigenvalue weighted by atomic mass is 35.5. The maximum absolute atomic E-state index is 5.90. The summed E-state index contributed by atoms with van der Waals surface area (Å²) in [4.78, 5) is 0.348. The SMILES string of the molecule is CC(C)(C)n1cc(C(N)=S)c(-c2ccc(Cl)cc2)n1. The summed E-state index contributed by atoms with van der Waals surface area (Å²) in [5.74, 6) is 0. The zero-order valence-corrected chi connectivity index (χ0v) is 12.7. The first-order valence-electron chi connectivity index (χ1n) is 5.95. The Balaban J connectivity index is 2.58. The van der Waals surface area contributed by atoms with Crippen molar-refractivity contribution in [3.8, 4) is 11.3 Å². The largest absolute Gasteiger partial charge is 0.389 e. The Kier molecular flexibility index (Phi) is 3.65. The highest BCUT2D eigenvalue weighted by Crippen LogP contribution is 2.26. The molecule has 1 heterocycles. The summed E-state index contributed by atoms with van der Waals surface area (Å²) in [6.45, 7) is 6.24. The van der Waals surface area contributed by atoms with Gasteiger partial charge in [0, 0.05) is 16.8 Å². The lowest BCUT2D eigenvalue weighted by Gasteiger charge is -2.18. The molecule has 0 aliphatic carbocycles. The van der Waals surface area contributed by atoms with E-state index in [0.29, 0.717) is 10.0 Å². The van der Waals surface area contributed by atoms with Crippen LogP contribution >= 0.6 is 23.8 Å². The highest BCUT2D eigenvalue weighted by molar-refractivity contribution is 7.80. The monoisotopic (exact) mass is 293 g/mol. The van der Waals surface area contributed by atoms with Crippen molar-refractivity contribution in [3.05, 3.63) is 41.0 Å². The number of rotatable bonds is 2. The molecule has 0 saturated heterocycles. The van der Waals surface area contributed by atoms with Crippen LogP contribution in [-0.2, 0) is 5.54 Å². The van der Waals surface area contributed by atoms with E-state index in [2.05, 4.69) is 25.9 Å². The third-order valence-electron chi connectivity index (χ3n) is 2.78. The summed E-state index contributed by atoms with van der Waals surface area (Å²) in [6.07, 6.45) is 1.90. The Morgan fingerprint density at radius 3 is 2.32 bits per heavy atom. The van der Waals surface area contributed by atoms with E-state index >= 15 is 0 Å². The van der Waals surface area contributed by atoms with Crippen molar-refractivity contribution < 1.29 is 0 Å². The van der Waals surface area contributed by atoms with E-state index in [4.69, 9.17) is 29.6 Å². The molecule has 19 heavy (non-hydrogen) atoms. The van der Waals surface area contributed by atoms with Crippen molar-refractivity contribution in [2.45, 2.75) is 26.3 Å². The molecule has 0 radical (unpaired) electrons. The van der Waals surface area contributed by atoms with Crippen LogP contribution in [0, 0.1) is 0 Å². The first-order chi connectivity index (χ1) is 8.79. The van der Waals surface area contributed by atoms with E-state index in [-0.39, 0.29) is 5.54 Å². The van der Waals surface area contributed by atoms with E-state index in [0.717, 1.165) is 16.8 Å². The van der Waals surface area contributed by atoms with Crippen LogP contribution in [0.1, 0.15) is 26.3 Å². The second-order valence-electron chi connectivity index (χ2n) is 5.38. The van der Waals surface area contributed by atoms with Crippen molar-refractivity contribution >= 4 is 28.8 Å². The minimum absolute atomic E-state index is 0.121. The molecule has 0 aliphatic heterocycles. The molecule has 100 valence electrons. The number of hydrogen-bond acceptors (Lipinski definition) is 2. The number of hydrogen-bond donors (Lipinski definition) is 1. The molecule has 5 heteroatoms. The number of aromatic nitrogens is 2. The lowest BCUT2D eigenvalue weighted by molar-refractivity contribution is 0.356. The lowest BCUT2D eigenvalue weighted by atomic mass is 10.1. The van der Waals surface area contributed by atoms with Gasteiger partial charge >= 0.3 is 0 Å². The van der Waals surface area contributed by atoms with Crippen LogP contribution in [0.15, 0.2) is 30.5 Å². The molecule has 0 fully saturated rings. The van der Waals surface area contributed by atoms with Crippen LogP contribution in [-0.4, -0.2) is 14.8 Å². The van der Waals surface area contributed by atoms with Gasteiger partial charge in [0.1, 0.15) is 10.7 Å². The molecule has 0 amide bonds. The maximum atomic E-state index is 5.90. The summed E-state index contributed by atoms with van der Waals surface area (Å²) < 4.78 is 1.88. The van der Waals surface area contributed by atoms with Gasteiger partial charge < -0.3 is 5.73 Å². The van der Waals surface area contributed by atoms with Crippen LogP contribution < -0.4 is 5.73 Å². The third kappa shape index (κ3) is 2.96. The van der Waals surface area contributed by atoms with Crippen molar-refractivity contribution in [1.82, 2.24) is 9.78 Å². The predicted octanol–water partition coefficient (Wildman–Crippen LogP) is 3.59. The molecule has 0 unspecified atom stereocenters. The van der Waals surface area contributed by atoms with E-state index in [9.17, 15) is 0 Å². The molecule has 0 atom stereocenters. The molecule has 0 aliphatic rings. The van der Waals surface area contributed by atoms with Crippen LogP contribution in [0.25, 0.3) is 11.3 Å². The van der Waals surface area contributed by atoms with Gasteiger partial charge in [-0.1, -0.05) is 36.0 Å². The van der Waals surface area contributed by atoms with Gasteiger partial charge in [-0.2, -0.15) is 5.10 Å². The molecule has 2 aromatic rings. The molecule has 0 spiro atoms. The fraction of sp³-hybridized carbons (Fsp3) is 0.286. The van der Waals surface area contributed by atoms with Crippen LogP contribution in [0.3, 0.4) is 0 Å². The third-order valence-corrected chi connectivity index (χ3v) is 3.26. The van der Waals surface area contributed by atoms with Crippen molar-refractivity contribution in [1.29, 1.82) is 0 Å². The Labute approximate surface area is 123 Å². The van der Waals surface area contributed by atoms with Crippen molar-refractivity contribution in [2.24, 2.45) is 5.73 Å². The van der Waals surface area contributed by atoms with Crippen LogP contribution in [0.5, 0.6) is 0 Å². The summed E-state index contributed by atoms with van der Waals surface area (Å²) >= 11 is 11.0. The van der Waals surface area contributed by atoms with Crippen molar-refractivity contribution in [3.63, 3.8) is 0 Å². The van der Waals surface area contributed by atoms with Gasteiger partial charge in [0.05, 0.1) is 11.1 Å². The fourth-order valence-electron chi connectivity index (χ4n) is 1.72. The number of nitrogens with two attached hydrogens (primary N) is 1. The molecule has 1 aromatic carbocycles. The molecular weight excluding hydrogens is 278 g/mol. The molecule has 2 rings (SSSR count). The topological polar surface area (TPSA) is 43.8 Å². The van der Waals surface area contributed by atoms with E-state index < -0.39 is 0 Å². The number of nitrogens with zero attached hydrogens (tertiary/aromatic N) is 2. The van der Waals surface area contributed by atoms with Gasteiger partial charge in [0.15, 0.2) is 0 Å². The molecule has 1 aromatic heterocycles. The van der Waals surface area contributed by atoms with Gasteiger partial charge in [-0.15, -0.1) is 0 Å². The Hall–Kier alpha value is -1.39. The zero-order chi connectivity index (χ0) is 14.2. The molecule has 3 nitrogen and oxygen atoms in total. The minimum Gasteiger partial charge on any atom is -0.389 e. The molecule has 0 bridgehead atoms. The average Bonchev–Trinajstić information content (AvgIpc) is 2.74. The zero-order valence-electron chi connectivity index (χ0n) is 11.1. The van der Waals surface area contributed by atoms with E-state index in [1.54, 1.807) is 0 Å².